The van der Waals surface area contributed by atoms with Crippen molar-refractivity contribution in [2.24, 2.45) is 0 Å². The highest BCUT2D eigenvalue weighted by atomic mass is 32.1. The molecule has 0 bridgehead atoms. The molecule has 1 aromatic heterocycles. The molecule has 0 spiro atoms. The van der Waals surface area contributed by atoms with Crippen molar-refractivity contribution < 1.29 is 4.74 Å². The van der Waals surface area contributed by atoms with Crippen LogP contribution in [-0.4, -0.2) is 31.1 Å². The fourth-order valence-corrected chi connectivity index (χ4v) is 3.49. The SMILES string of the molecule is c1cc2c(s1)CCOC2CN1CCCC1. The molecule has 0 saturated carbocycles. The fourth-order valence-electron chi connectivity index (χ4n) is 2.58. The number of hydrogen-bond donors (Lipinski definition) is 0. The van der Waals surface area contributed by atoms with Crippen LogP contribution in [0.1, 0.15) is 29.4 Å². The predicted octanol–water partition coefficient (Wildman–Crippen LogP) is 2.46. The maximum Gasteiger partial charge on any atom is 0.0962 e. The van der Waals surface area contributed by atoms with E-state index in [0.717, 1.165) is 19.6 Å². The topological polar surface area (TPSA) is 12.5 Å². The van der Waals surface area contributed by atoms with Gasteiger partial charge in [0.15, 0.2) is 0 Å². The van der Waals surface area contributed by atoms with Crippen molar-refractivity contribution in [1.29, 1.82) is 0 Å². The number of fused-ring (bicyclic) bond motifs is 1. The first-order valence-electron chi connectivity index (χ1n) is 5.84. The van der Waals surface area contributed by atoms with Crippen molar-refractivity contribution in [1.82, 2.24) is 4.90 Å². The molecule has 1 aromatic rings. The van der Waals surface area contributed by atoms with E-state index >= 15 is 0 Å². The molecule has 3 rings (SSSR count). The first-order valence-corrected chi connectivity index (χ1v) is 6.72. The standard InChI is InChI=1S/C12H17NOS/c1-2-6-13(5-1)9-11-10-4-8-15-12(10)3-7-14-11/h4,8,11H,1-3,5-7,9H2. The van der Waals surface area contributed by atoms with E-state index in [1.165, 1.54) is 31.5 Å². The van der Waals surface area contributed by atoms with Gasteiger partial charge in [0, 0.05) is 17.8 Å². The minimum atomic E-state index is 0.345. The third-order valence-electron chi connectivity index (χ3n) is 3.40. The number of rotatable bonds is 2. The molecular formula is C12H17NOS. The van der Waals surface area contributed by atoms with Crippen molar-refractivity contribution in [3.05, 3.63) is 21.9 Å². The van der Waals surface area contributed by atoms with Crippen molar-refractivity contribution in [3.63, 3.8) is 0 Å². The van der Waals surface area contributed by atoms with Gasteiger partial charge in [-0.1, -0.05) is 0 Å². The molecule has 2 aliphatic rings. The smallest absolute Gasteiger partial charge is 0.0962 e. The average Bonchev–Trinajstić information content (AvgIpc) is 2.87. The van der Waals surface area contributed by atoms with Crippen LogP contribution in [-0.2, 0) is 11.2 Å². The van der Waals surface area contributed by atoms with E-state index in [1.54, 1.807) is 4.88 Å². The maximum atomic E-state index is 5.89. The quantitative estimate of drug-likeness (QED) is 0.763. The lowest BCUT2D eigenvalue weighted by Gasteiger charge is -2.27. The summed E-state index contributed by atoms with van der Waals surface area (Å²) in [7, 11) is 0. The number of hydrogen-bond acceptors (Lipinski definition) is 3. The normalized spacial score (nSPS) is 26.8. The molecule has 15 heavy (non-hydrogen) atoms. The van der Waals surface area contributed by atoms with Crippen LogP contribution in [0.3, 0.4) is 0 Å². The minimum absolute atomic E-state index is 0.345. The summed E-state index contributed by atoms with van der Waals surface area (Å²) in [6.07, 6.45) is 4.19. The lowest BCUT2D eigenvalue weighted by Crippen LogP contribution is -2.29. The highest BCUT2D eigenvalue weighted by Crippen LogP contribution is 2.32. The Morgan fingerprint density at radius 2 is 2.27 bits per heavy atom. The molecule has 0 amide bonds. The number of likely N-dealkylation sites (tertiary alicyclic amines) is 1. The third kappa shape index (κ3) is 1.96. The molecular weight excluding hydrogens is 206 g/mol. The molecule has 2 nitrogen and oxygen atoms in total. The second-order valence-corrected chi connectivity index (χ2v) is 5.42. The molecule has 0 aromatic carbocycles. The van der Waals surface area contributed by atoms with Gasteiger partial charge in [0.1, 0.15) is 0 Å². The molecule has 0 radical (unpaired) electrons. The van der Waals surface area contributed by atoms with Crippen molar-refractivity contribution in [2.75, 3.05) is 26.2 Å². The summed E-state index contributed by atoms with van der Waals surface area (Å²) in [6.45, 7) is 4.54. The summed E-state index contributed by atoms with van der Waals surface area (Å²) in [5.74, 6) is 0. The van der Waals surface area contributed by atoms with Gasteiger partial charge in [0.25, 0.3) is 0 Å². The number of thiophene rings is 1. The van der Waals surface area contributed by atoms with Crippen LogP contribution in [0, 0.1) is 0 Å². The van der Waals surface area contributed by atoms with Crippen LogP contribution in [0.5, 0.6) is 0 Å². The Morgan fingerprint density at radius 3 is 3.13 bits per heavy atom. The van der Waals surface area contributed by atoms with Crippen LogP contribution in [0.4, 0.5) is 0 Å². The fraction of sp³-hybridized carbons (Fsp3) is 0.667. The highest BCUT2D eigenvalue weighted by molar-refractivity contribution is 7.10. The Morgan fingerprint density at radius 1 is 1.40 bits per heavy atom. The largest absolute Gasteiger partial charge is 0.372 e. The second-order valence-electron chi connectivity index (χ2n) is 4.42. The summed E-state index contributed by atoms with van der Waals surface area (Å²) >= 11 is 1.89. The molecule has 2 aliphatic heterocycles. The minimum Gasteiger partial charge on any atom is -0.372 e. The molecule has 0 aliphatic carbocycles. The molecule has 0 N–H and O–H groups in total. The summed E-state index contributed by atoms with van der Waals surface area (Å²) < 4.78 is 5.89. The molecule has 82 valence electrons. The summed E-state index contributed by atoms with van der Waals surface area (Å²) in [5.41, 5.74) is 1.46. The van der Waals surface area contributed by atoms with Crippen molar-refractivity contribution >= 4 is 11.3 Å². The first kappa shape index (κ1) is 9.82. The van der Waals surface area contributed by atoms with Crippen LogP contribution in [0.2, 0.25) is 0 Å². The zero-order valence-corrected chi connectivity index (χ0v) is 9.76. The lowest BCUT2D eigenvalue weighted by molar-refractivity contribution is 0.0217. The Bertz CT molecular complexity index is 330. The Balaban J connectivity index is 1.72. The molecule has 1 saturated heterocycles. The van der Waals surface area contributed by atoms with Crippen molar-refractivity contribution in [2.45, 2.75) is 25.4 Å². The van der Waals surface area contributed by atoms with Gasteiger partial charge in [0.2, 0.25) is 0 Å². The van der Waals surface area contributed by atoms with E-state index in [0.29, 0.717) is 6.10 Å². The van der Waals surface area contributed by atoms with Gasteiger partial charge in [-0.25, -0.2) is 0 Å². The Hall–Kier alpha value is -0.380. The second kappa shape index (κ2) is 4.24. The van der Waals surface area contributed by atoms with Gasteiger partial charge in [-0.2, -0.15) is 0 Å². The number of ether oxygens (including phenoxy) is 1. The molecule has 3 heteroatoms. The number of nitrogens with zero attached hydrogens (tertiary/aromatic N) is 1. The zero-order chi connectivity index (χ0) is 10.1. The highest BCUT2D eigenvalue weighted by Gasteiger charge is 2.25. The third-order valence-corrected chi connectivity index (χ3v) is 4.39. The van der Waals surface area contributed by atoms with Crippen LogP contribution < -0.4 is 0 Å². The summed E-state index contributed by atoms with van der Waals surface area (Å²) in [6, 6.07) is 2.25. The monoisotopic (exact) mass is 223 g/mol. The summed E-state index contributed by atoms with van der Waals surface area (Å²) in [5, 5.41) is 2.20. The van der Waals surface area contributed by atoms with Crippen LogP contribution in [0.25, 0.3) is 0 Å². The van der Waals surface area contributed by atoms with Gasteiger partial charge >= 0.3 is 0 Å². The molecule has 3 heterocycles. The van der Waals surface area contributed by atoms with Gasteiger partial charge in [-0.3, -0.25) is 0 Å². The van der Waals surface area contributed by atoms with Gasteiger partial charge in [-0.15, -0.1) is 11.3 Å². The van der Waals surface area contributed by atoms with Gasteiger partial charge in [0.05, 0.1) is 12.7 Å². The molecule has 1 fully saturated rings. The van der Waals surface area contributed by atoms with E-state index in [4.69, 9.17) is 4.74 Å². The maximum absolute atomic E-state index is 5.89. The predicted molar refractivity (Wildman–Crippen MR) is 62.4 cm³/mol. The van der Waals surface area contributed by atoms with Crippen molar-refractivity contribution in [3.8, 4) is 0 Å². The van der Waals surface area contributed by atoms with Crippen LogP contribution in [0.15, 0.2) is 11.4 Å². The lowest BCUT2D eigenvalue weighted by atomic mass is 10.1. The summed E-state index contributed by atoms with van der Waals surface area (Å²) in [4.78, 5) is 4.09. The molecule has 1 atom stereocenters. The Kier molecular flexibility index (Phi) is 2.77. The Labute approximate surface area is 94.9 Å². The van der Waals surface area contributed by atoms with Crippen LogP contribution >= 0.6 is 11.3 Å². The van der Waals surface area contributed by atoms with E-state index in [1.807, 2.05) is 11.3 Å². The zero-order valence-electron chi connectivity index (χ0n) is 8.95. The molecule has 1 unspecified atom stereocenters. The average molecular weight is 223 g/mol. The van der Waals surface area contributed by atoms with E-state index < -0.39 is 0 Å². The van der Waals surface area contributed by atoms with Gasteiger partial charge < -0.3 is 9.64 Å². The van der Waals surface area contributed by atoms with E-state index in [-0.39, 0.29) is 0 Å². The first-order chi connectivity index (χ1) is 7.43. The van der Waals surface area contributed by atoms with Gasteiger partial charge in [-0.05, 0) is 42.9 Å². The van der Waals surface area contributed by atoms with E-state index in [9.17, 15) is 0 Å². The van der Waals surface area contributed by atoms with E-state index in [2.05, 4.69) is 16.3 Å².